The molecule has 1 fully saturated rings. The SMILES string of the molecule is CCOC(=O)[C@@H](OC(C)(C)C)c1c(C)cc2nc(-c3ccc4c(c3)c(C3CCNCC3)nn4CCN(C)C)sc2c1-c1ccc(Cl)cc1. The van der Waals surface area contributed by atoms with Gasteiger partial charge in [-0.25, -0.2) is 9.78 Å². The number of esters is 1. The molecule has 1 aliphatic heterocycles. The molecule has 0 radical (unpaired) electrons. The van der Waals surface area contributed by atoms with Crippen LogP contribution in [0.1, 0.15) is 69.4 Å². The average Bonchev–Trinajstić information content (AvgIpc) is 3.64. The highest BCUT2D eigenvalue weighted by molar-refractivity contribution is 7.22. The van der Waals surface area contributed by atoms with Crippen LogP contribution >= 0.6 is 22.9 Å². The molecule has 5 aromatic rings. The van der Waals surface area contributed by atoms with Gasteiger partial charge in [0.2, 0.25) is 0 Å². The van der Waals surface area contributed by atoms with Crippen LogP contribution in [0.25, 0.3) is 42.8 Å². The topological polar surface area (TPSA) is 81.5 Å². The number of nitrogens with zero attached hydrogens (tertiary/aromatic N) is 4. The van der Waals surface area contributed by atoms with E-state index in [0.29, 0.717) is 10.9 Å². The summed E-state index contributed by atoms with van der Waals surface area (Å²) in [6.07, 6.45) is 1.24. The molecule has 8 nitrogen and oxygen atoms in total. The third kappa shape index (κ3) is 7.31. The van der Waals surface area contributed by atoms with Crippen LogP contribution in [0.5, 0.6) is 0 Å². The van der Waals surface area contributed by atoms with Gasteiger partial charge in [0.15, 0.2) is 6.10 Å². The molecule has 0 spiro atoms. The van der Waals surface area contributed by atoms with Crippen LogP contribution in [0.3, 0.4) is 0 Å². The van der Waals surface area contributed by atoms with Crippen molar-refractivity contribution in [3.8, 4) is 21.7 Å². The van der Waals surface area contributed by atoms with Gasteiger partial charge in [0.1, 0.15) is 5.01 Å². The maximum absolute atomic E-state index is 13.6. The van der Waals surface area contributed by atoms with Crippen molar-refractivity contribution in [2.75, 3.05) is 40.3 Å². The number of halogens is 1. The summed E-state index contributed by atoms with van der Waals surface area (Å²) in [7, 11) is 4.19. The number of benzene rings is 3. The highest BCUT2D eigenvalue weighted by atomic mass is 35.5. The van der Waals surface area contributed by atoms with Gasteiger partial charge in [0.05, 0.1) is 40.2 Å². The van der Waals surface area contributed by atoms with Crippen LogP contribution < -0.4 is 5.32 Å². The molecule has 3 aromatic carbocycles. The second kappa shape index (κ2) is 14.3. The first-order chi connectivity index (χ1) is 22.9. The number of hydrogen-bond donors (Lipinski definition) is 1. The Morgan fingerprint density at radius 2 is 1.81 bits per heavy atom. The van der Waals surface area contributed by atoms with Crippen LogP contribution in [-0.2, 0) is 20.8 Å². The number of fused-ring (bicyclic) bond motifs is 2. The van der Waals surface area contributed by atoms with Crippen molar-refractivity contribution in [3.05, 3.63) is 70.4 Å². The van der Waals surface area contributed by atoms with Crippen molar-refractivity contribution in [2.24, 2.45) is 0 Å². The van der Waals surface area contributed by atoms with Crippen molar-refractivity contribution in [1.82, 2.24) is 25.0 Å². The fraction of sp³-hybridized carbons (Fsp3) is 0.447. The van der Waals surface area contributed by atoms with E-state index in [4.69, 9.17) is 31.2 Å². The summed E-state index contributed by atoms with van der Waals surface area (Å²) in [5.41, 5.74) is 7.25. The Hall–Kier alpha value is -3.34. The van der Waals surface area contributed by atoms with E-state index in [2.05, 4.69) is 53.3 Å². The van der Waals surface area contributed by atoms with Crippen LogP contribution in [0, 0.1) is 6.92 Å². The van der Waals surface area contributed by atoms with Crippen molar-refractivity contribution < 1.29 is 14.3 Å². The number of rotatable bonds is 10. The Morgan fingerprint density at radius 3 is 2.48 bits per heavy atom. The quantitative estimate of drug-likeness (QED) is 0.148. The van der Waals surface area contributed by atoms with Crippen LogP contribution in [0.15, 0.2) is 48.5 Å². The number of nitrogens with one attached hydrogen (secondary N) is 1. The summed E-state index contributed by atoms with van der Waals surface area (Å²) in [5.74, 6) is 0.0151. The molecule has 48 heavy (non-hydrogen) atoms. The monoisotopic (exact) mass is 687 g/mol. The van der Waals surface area contributed by atoms with Gasteiger partial charge in [-0.1, -0.05) is 23.7 Å². The number of piperidine rings is 1. The third-order valence-corrected chi connectivity index (χ3v) is 10.2. The molecule has 0 saturated carbocycles. The molecule has 1 N–H and O–H groups in total. The van der Waals surface area contributed by atoms with Crippen LogP contribution in [0.4, 0.5) is 0 Å². The molecule has 1 atom stereocenters. The lowest BCUT2D eigenvalue weighted by Crippen LogP contribution is -2.29. The molecular formula is C38H46ClN5O3S. The van der Waals surface area contributed by atoms with Gasteiger partial charge < -0.3 is 19.7 Å². The minimum atomic E-state index is -0.914. The van der Waals surface area contributed by atoms with Gasteiger partial charge in [0, 0.05) is 39.6 Å². The second-order valence-electron chi connectivity index (χ2n) is 13.9. The predicted octanol–water partition coefficient (Wildman–Crippen LogP) is 8.39. The van der Waals surface area contributed by atoms with E-state index in [9.17, 15) is 4.79 Å². The zero-order chi connectivity index (χ0) is 34.2. The summed E-state index contributed by atoms with van der Waals surface area (Å²) in [5, 5.41) is 11.5. The van der Waals surface area contributed by atoms with E-state index >= 15 is 0 Å². The van der Waals surface area contributed by atoms with E-state index in [1.807, 2.05) is 58.9 Å². The smallest absolute Gasteiger partial charge is 0.339 e. The molecule has 0 aliphatic carbocycles. The Balaban J connectivity index is 1.54. The van der Waals surface area contributed by atoms with E-state index < -0.39 is 17.7 Å². The van der Waals surface area contributed by atoms with Crippen LogP contribution in [-0.4, -0.2) is 71.6 Å². The lowest BCUT2D eigenvalue weighted by molar-refractivity contribution is -0.166. The number of hydrogen-bond acceptors (Lipinski definition) is 8. The molecule has 10 heteroatoms. The molecule has 2 aromatic heterocycles. The fourth-order valence-corrected chi connectivity index (χ4v) is 7.82. The van der Waals surface area contributed by atoms with Crippen molar-refractivity contribution in [3.63, 3.8) is 0 Å². The lowest BCUT2D eigenvalue weighted by Gasteiger charge is -2.29. The molecule has 254 valence electrons. The van der Waals surface area contributed by atoms with E-state index in [-0.39, 0.29) is 6.61 Å². The second-order valence-corrected chi connectivity index (χ2v) is 15.3. The molecule has 1 saturated heterocycles. The van der Waals surface area contributed by atoms with Gasteiger partial charge in [-0.2, -0.15) is 5.10 Å². The number of carbonyl (C=O) groups is 1. The Kier molecular flexibility index (Phi) is 10.3. The zero-order valence-electron chi connectivity index (χ0n) is 29.0. The number of likely N-dealkylation sites (N-methyl/N-ethyl adjacent to an activating group) is 1. The van der Waals surface area contributed by atoms with Crippen molar-refractivity contribution in [2.45, 2.75) is 71.6 Å². The molecule has 0 bridgehead atoms. The molecule has 1 aliphatic rings. The number of thiazole rings is 1. The van der Waals surface area contributed by atoms with Crippen molar-refractivity contribution in [1.29, 1.82) is 0 Å². The largest absolute Gasteiger partial charge is 0.464 e. The number of carbonyl (C=O) groups excluding carboxylic acids is 1. The molecule has 3 heterocycles. The summed E-state index contributed by atoms with van der Waals surface area (Å²) >= 11 is 7.98. The minimum Gasteiger partial charge on any atom is -0.464 e. The summed E-state index contributed by atoms with van der Waals surface area (Å²) in [6, 6.07) is 16.5. The van der Waals surface area contributed by atoms with E-state index in [1.54, 1.807) is 11.3 Å². The minimum absolute atomic E-state index is 0.263. The number of aryl methyl sites for hydroxylation is 1. The Bertz CT molecular complexity index is 1920. The first kappa shape index (κ1) is 34.5. The van der Waals surface area contributed by atoms with Gasteiger partial charge in [-0.05, 0) is 122 Å². The average molecular weight is 688 g/mol. The summed E-state index contributed by atoms with van der Waals surface area (Å²) in [4.78, 5) is 21.0. The third-order valence-electron chi connectivity index (χ3n) is 8.81. The fourth-order valence-electron chi connectivity index (χ4n) is 6.57. The van der Waals surface area contributed by atoms with Gasteiger partial charge in [-0.3, -0.25) is 4.68 Å². The van der Waals surface area contributed by atoms with E-state index in [1.165, 1.54) is 11.1 Å². The molecule has 6 rings (SSSR count). The standard InChI is InChI=1S/C38H46ClN5O3S/c1-8-46-37(45)34(47-38(3,4)5)31-23(2)21-29-35(32(31)24-9-12-27(39)13-10-24)48-36(41-29)26-11-14-30-28(22-26)33(25-15-17-40-18-16-25)42-44(30)20-19-43(6)7/h9-14,21-22,25,34,40H,8,15-20H2,1-7H3/t34-/m0/s1. The van der Waals surface area contributed by atoms with Gasteiger partial charge in [0.25, 0.3) is 0 Å². The normalized spacial score (nSPS) is 15.1. The zero-order valence-corrected chi connectivity index (χ0v) is 30.6. The molecule has 0 amide bonds. The predicted molar refractivity (Wildman–Crippen MR) is 197 cm³/mol. The number of aromatic nitrogens is 3. The maximum Gasteiger partial charge on any atom is 0.339 e. The molecular weight excluding hydrogens is 642 g/mol. The first-order valence-corrected chi connectivity index (χ1v) is 18.0. The first-order valence-electron chi connectivity index (χ1n) is 16.8. The highest BCUT2D eigenvalue weighted by Crippen LogP contribution is 2.45. The van der Waals surface area contributed by atoms with Crippen molar-refractivity contribution >= 4 is 50.0 Å². The van der Waals surface area contributed by atoms with Gasteiger partial charge >= 0.3 is 5.97 Å². The molecule has 0 unspecified atom stereocenters. The summed E-state index contributed by atoms with van der Waals surface area (Å²) in [6.45, 7) is 13.7. The van der Waals surface area contributed by atoms with E-state index in [0.717, 1.165) is 87.6 Å². The van der Waals surface area contributed by atoms with Gasteiger partial charge in [-0.15, -0.1) is 11.3 Å². The summed E-state index contributed by atoms with van der Waals surface area (Å²) < 4.78 is 15.2. The highest BCUT2D eigenvalue weighted by Gasteiger charge is 2.34. The maximum atomic E-state index is 13.6. The Labute approximate surface area is 292 Å². The van der Waals surface area contributed by atoms with Crippen LogP contribution in [0.2, 0.25) is 5.02 Å². The number of ether oxygens (including phenoxy) is 2. The lowest BCUT2D eigenvalue weighted by atomic mass is 9.91. The Morgan fingerprint density at radius 1 is 1.10 bits per heavy atom.